The predicted molar refractivity (Wildman–Crippen MR) is 144 cm³/mol. The molecule has 0 radical (unpaired) electrons. The van der Waals surface area contributed by atoms with Gasteiger partial charge in [-0.25, -0.2) is 9.97 Å². The molecule has 4 rings (SSSR count). The molecule has 1 aliphatic rings. The molecule has 0 atom stereocenters. The number of nitrogens with zero attached hydrogens (tertiary/aromatic N) is 5. The van der Waals surface area contributed by atoms with Crippen molar-refractivity contribution in [3.05, 3.63) is 35.8 Å². The zero-order valence-electron chi connectivity index (χ0n) is 22.6. The monoisotopic (exact) mass is 494 g/mol. The molecule has 0 saturated heterocycles. The Kier molecular flexibility index (Phi) is 6.08. The fourth-order valence-corrected chi connectivity index (χ4v) is 5.17. The first-order chi connectivity index (χ1) is 16.2. The molecule has 1 aliphatic heterocycles. The zero-order valence-corrected chi connectivity index (χ0v) is 23.6. The van der Waals surface area contributed by atoms with Crippen molar-refractivity contribution in [2.75, 3.05) is 17.3 Å². The van der Waals surface area contributed by atoms with Crippen molar-refractivity contribution in [3.8, 4) is 0 Å². The van der Waals surface area contributed by atoms with Crippen molar-refractivity contribution in [1.82, 2.24) is 19.7 Å². The number of hydrogen-bond acceptors (Lipinski definition) is 6. The SMILES string of the molecule is CNc1nc(CO[Si](C)(C)C(C)(C)C)nc2c1C(C)(C)C(=O)N2c1ccc2c(cnn2C(C)C)c1. The van der Waals surface area contributed by atoms with Crippen LogP contribution in [0.25, 0.3) is 10.9 Å². The Labute approximate surface area is 209 Å². The van der Waals surface area contributed by atoms with Crippen LogP contribution in [0.3, 0.4) is 0 Å². The second-order valence-corrected chi connectivity index (χ2v) is 16.5. The number of hydrogen-bond donors (Lipinski definition) is 1. The van der Waals surface area contributed by atoms with E-state index in [9.17, 15) is 4.79 Å². The summed E-state index contributed by atoms with van der Waals surface area (Å²) in [4.78, 5) is 25.1. The van der Waals surface area contributed by atoms with E-state index in [1.807, 2.05) is 50.0 Å². The van der Waals surface area contributed by atoms with Crippen LogP contribution in [0.4, 0.5) is 17.3 Å². The summed E-state index contributed by atoms with van der Waals surface area (Å²) in [6.45, 7) is 19.4. The van der Waals surface area contributed by atoms with E-state index in [4.69, 9.17) is 14.4 Å². The molecule has 3 heterocycles. The molecule has 1 aromatic carbocycles. The van der Waals surface area contributed by atoms with E-state index in [0.29, 0.717) is 24.1 Å². The first kappa shape index (κ1) is 25.3. The summed E-state index contributed by atoms with van der Waals surface area (Å²) in [6, 6.07) is 6.26. The standard InChI is InChI=1S/C26H38N6O2Si/c1-16(2)32-19-12-11-18(13-17(19)14-28-32)31-23-21(26(6,7)24(31)33)22(27-8)29-20(30-23)15-34-35(9,10)25(3,4)5/h11-14,16H,15H2,1-10H3,(H,27,29,30). The Bertz CT molecular complexity index is 1290. The number of nitrogens with one attached hydrogen (secondary N) is 1. The molecule has 9 heteroatoms. The average molecular weight is 495 g/mol. The maximum Gasteiger partial charge on any atom is 0.243 e. The van der Waals surface area contributed by atoms with Crippen molar-refractivity contribution in [3.63, 3.8) is 0 Å². The third-order valence-corrected chi connectivity index (χ3v) is 11.9. The molecule has 0 spiro atoms. The minimum Gasteiger partial charge on any atom is -0.409 e. The summed E-state index contributed by atoms with van der Waals surface area (Å²) < 4.78 is 8.40. The molecule has 0 unspecified atom stereocenters. The van der Waals surface area contributed by atoms with E-state index >= 15 is 0 Å². The Morgan fingerprint density at radius 3 is 2.46 bits per heavy atom. The summed E-state index contributed by atoms with van der Waals surface area (Å²) in [7, 11) is -0.161. The lowest BCUT2D eigenvalue weighted by atomic mass is 9.87. The number of aromatic nitrogens is 4. The third kappa shape index (κ3) is 4.14. The highest BCUT2D eigenvalue weighted by atomic mass is 28.4. The smallest absolute Gasteiger partial charge is 0.243 e. The topological polar surface area (TPSA) is 85.2 Å². The summed E-state index contributed by atoms with van der Waals surface area (Å²) in [5, 5.41) is 8.79. The van der Waals surface area contributed by atoms with Gasteiger partial charge in [-0.1, -0.05) is 20.8 Å². The molecule has 0 fully saturated rings. The first-order valence-corrected chi connectivity index (χ1v) is 15.1. The van der Waals surface area contributed by atoms with Gasteiger partial charge in [0.15, 0.2) is 14.1 Å². The maximum atomic E-state index is 13.7. The fraction of sp³-hybridized carbons (Fsp3) is 0.538. The maximum absolute atomic E-state index is 13.7. The largest absolute Gasteiger partial charge is 0.409 e. The van der Waals surface area contributed by atoms with Gasteiger partial charge in [0, 0.05) is 18.5 Å². The van der Waals surface area contributed by atoms with Gasteiger partial charge < -0.3 is 9.74 Å². The highest BCUT2D eigenvalue weighted by Crippen LogP contribution is 2.47. The third-order valence-electron chi connectivity index (χ3n) is 7.44. The Hall–Kier alpha value is -2.78. The molecular formula is C26H38N6O2Si. The van der Waals surface area contributed by atoms with Gasteiger partial charge in [0.05, 0.1) is 35.0 Å². The van der Waals surface area contributed by atoms with E-state index in [0.717, 1.165) is 22.2 Å². The van der Waals surface area contributed by atoms with E-state index in [1.165, 1.54) is 0 Å². The molecule has 188 valence electrons. The fourth-order valence-electron chi connectivity index (χ4n) is 4.25. The second-order valence-electron chi connectivity index (χ2n) is 11.7. The highest BCUT2D eigenvalue weighted by Gasteiger charge is 2.48. The van der Waals surface area contributed by atoms with E-state index in [1.54, 1.807) is 4.90 Å². The van der Waals surface area contributed by atoms with Crippen molar-refractivity contribution in [2.24, 2.45) is 0 Å². The minimum atomic E-state index is -1.99. The zero-order chi connectivity index (χ0) is 25.9. The molecule has 0 saturated carbocycles. The number of rotatable bonds is 6. The summed E-state index contributed by atoms with van der Waals surface area (Å²) in [5.41, 5.74) is 1.84. The molecule has 1 amide bonds. The van der Waals surface area contributed by atoms with Crippen molar-refractivity contribution in [2.45, 2.75) is 84.7 Å². The lowest BCUT2D eigenvalue weighted by Crippen LogP contribution is -2.40. The van der Waals surface area contributed by atoms with Crippen LogP contribution in [0.5, 0.6) is 0 Å². The van der Waals surface area contributed by atoms with Gasteiger partial charge in [0.25, 0.3) is 0 Å². The molecule has 1 N–H and O–H groups in total. The Morgan fingerprint density at radius 1 is 1.17 bits per heavy atom. The number of fused-ring (bicyclic) bond motifs is 2. The number of amides is 1. The summed E-state index contributed by atoms with van der Waals surface area (Å²) in [5.74, 6) is 1.82. The number of anilines is 3. The van der Waals surface area contributed by atoms with Gasteiger partial charge in [0.1, 0.15) is 11.6 Å². The minimum absolute atomic E-state index is 0.0311. The second kappa shape index (κ2) is 8.41. The van der Waals surface area contributed by atoms with Crippen LogP contribution in [0.2, 0.25) is 18.1 Å². The summed E-state index contributed by atoms with van der Waals surface area (Å²) in [6.07, 6.45) is 1.85. The quantitative estimate of drug-likeness (QED) is 0.428. The van der Waals surface area contributed by atoms with Crippen LogP contribution in [-0.2, 0) is 21.2 Å². The van der Waals surface area contributed by atoms with Crippen molar-refractivity contribution >= 4 is 42.5 Å². The lowest BCUT2D eigenvalue weighted by Gasteiger charge is -2.35. The van der Waals surface area contributed by atoms with E-state index < -0.39 is 13.7 Å². The van der Waals surface area contributed by atoms with Crippen LogP contribution >= 0.6 is 0 Å². The van der Waals surface area contributed by atoms with Gasteiger partial charge >= 0.3 is 0 Å². The molecule has 8 nitrogen and oxygen atoms in total. The van der Waals surface area contributed by atoms with E-state index in [-0.39, 0.29) is 17.0 Å². The number of carbonyl (C=O) groups is 1. The Balaban J connectivity index is 1.80. The van der Waals surface area contributed by atoms with Gasteiger partial charge in [-0.15, -0.1) is 0 Å². The summed E-state index contributed by atoms with van der Waals surface area (Å²) >= 11 is 0. The van der Waals surface area contributed by atoms with Crippen LogP contribution in [0.15, 0.2) is 24.4 Å². The molecular weight excluding hydrogens is 456 g/mol. The highest BCUT2D eigenvalue weighted by molar-refractivity contribution is 6.74. The molecule has 3 aromatic rings. The van der Waals surface area contributed by atoms with Gasteiger partial charge in [-0.2, -0.15) is 5.10 Å². The number of benzene rings is 1. The molecule has 2 aromatic heterocycles. The van der Waals surface area contributed by atoms with Gasteiger partial charge in [-0.05, 0) is 64.0 Å². The molecule has 0 aliphatic carbocycles. The Morgan fingerprint density at radius 2 is 1.86 bits per heavy atom. The predicted octanol–water partition coefficient (Wildman–Crippen LogP) is 5.93. The van der Waals surface area contributed by atoms with Crippen LogP contribution in [0.1, 0.15) is 65.9 Å². The van der Waals surface area contributed by atoms with Crippen molar-refractivity contribution < 1.29 is 9.22 Å². The van der Waals surface area contributed by atoms with Crippen molar-refractivity contribution in [1.29, 1.82) is 0 Å². The molecule has 35 heavy (non-hydrogen) atoms. The van der Waals surface area contributed by atoms with Gasteiger partial charge in [-0.3, -0.25) is 14.4 Å². The van der Waals surface area contributed by atoms with Crippen LogP contribution in [-0.4, -0.2) is 41.0 Å². The molecule has 0 bridgehead atoms. The van der Waals surface area contributed by atoms with Crippen LogP contribution < -0.4 is 10.2 Å². The lowest BCUT2D eigenvalue weighted by molar-refractivity contribution is -0.121. The normalized spacial score (nSPS) is 15.9. The average Bonchev–Trinajstić information content (AvgIpc) is 3.27. The van der Waals surface area contributed by atoms with Crippen LogP contribution in [0, 0.1) is 0 Å². The van der Waals surface area contributed by atoms with E-state index in [2.05, 4.69) is 58.1 Å². The first-order valence-electron chi connectivity index (χ1n) is 12.2. The van der Waals surface area contributed by atoms with Gasteiger partial charge in [0.2, 0.25) is 5.91 Å². The number of carbonyl (C=O) groups excluding carboxylic acids is 1.